The van der Waals surface area contributed by atoms with Gasteiger partial charge in [0.1, 0.15) is 11.2 Å². The summed E-state index contributed by atoms with van der Waals surface area (Å²) < 4.78 is 11.1. The molecule has 0 radical (unpaired) electrons. The Balaban J connectivity index is 2.00. The van der Waals surface area contributed by atoms with Gasteiger partial charge in [-0.2, -0.15) is 5.26 Å². The predicted molar refractivity (Wildman–Crippen MR) is 64.8 cm³/mol. The number of carbonyl (C=O) groups excluding carboxylic acids is 1. The first kappa shape index (κ1) is 13.2. The zero-order valence-corrected chi connectivity index (χ0v) is 11.2. The Labute approximate surface area is 108 Å². The minimum absolute atomic E-state index is 0.107. The van der Waals surface area contributed by atoms with Crippen LogP contribution in [0, 0.1) is 17.2 Å². The Morgan fingerprint density at radius 1 is 1.56 bits per heavy atom. The van der Waals surface area contributed by atoms with Crippen molar-refractivity contribution in [3.8, 4) is 6.07 Å². The summed E-state index contributed by atoms with van der Waals surface area (Å²) in [6.07, 6.45) is 1.18. The predicted octanol–water partition coefficient (Wildman–Crippen LogP) is 1.93. The minimum Gasteiger partial charge on any atom is -0.444 e. The molecule has 0 N–H and O–H groups in total. The molecule has 2 fully saturated rings. The normalized spacial score (nSPS) is 31.7. The molecule has 2 atom stereocenters. The van der Waals surface area contributed by atoms with Gasteiger partial charge in [-0.15, -0.1) is 0 Å². The number of nitrogens with zero attached hydrogens (tertiary/aromatic N) is 2. The molecule has 5 nitrogen and oxygen atoms in total. The van der Waals surface area contributed by atoms with Crippen LogP contribution in [0.15, 0.2) is 0 Å². The molecule has 0 aromatic rings. The van der Waals surface area contributed by atoms with Crippen LogP contribution in [0.5, 0.6) is 0 Å². The molecule has 0 aromatic heterocycles. The summed E-state index contributed by atoms with van der Waals surface area (Å²) in [4.78, 5) is 13.6. The van der Waals surface area contributed by atoms with Crippen molar-refractivity contribution >= 4 is 6.09 Å². The van der Waals surface area contributed by atoms with Crippen molar-refractivity contribution in [2.24, 2.45) is 5.92 Å². The molecule has 2 heterocycles. The average Bonchev–Trinajstić information content (AvgIpc) is 2.84. The molecule has 2 aliphatic rings. The van der Waals surface area contributed by atoms with Crippen LogP contribution in [0.4, 0.5) is 4.79 Å². The highest BCUT2D eigenvalue weighted by molar-refractivity contribution is 5.68. The second kappa shape index (κ2) is 4.43. The lowest BCUT2D eigenvalue weighted by Gasteiger charge is -2.28. The Kier molecular flexibility index (Phi) is 3.24. The standard InChI is InChI=1S/C13H20N2O3/c1-12(2,3)18-11(16)15-6-5-13(9-15)10(8-14)4-7-17-13/h10H,4-7,9H2,1-3H3. The molecular formula is C13H20N2O3. The summed E-state index contributed by atoms with van der Waals surface area (Å²) in [6, 6.07) is 2.30. The van der Waals surface area contributed by atoms with E-state index in [4.69, 9.17) is 14.7 Å². The van der Waals surface area contributed by atoms with Gasteiger partial charge >= 0.3 is 6.09 Å². The van der Waals surface area contributed by atoms with Gasteiger partial charge in [0.05, 0.1) is 18.5 Å². The van der Waals surface area contributed by atoms with Crippen LogP contribution >= 0.6 is 0 Å². The Hall–Kier alpha value is -1.28. The fourth-order valence-electron chi connectivity index (χ4n) is 2.62. The number of likely N-dealkylation sites (tertiary alicyclic amines) is 1. The fourth-order valence-corrected chi connectivity index (χ4v) is 2.62. The van der Waals surface area contributed by atoms with E-state index in [0.717, 1.165) is 12.8 Å². The number of carbonyl (C=O) groups is 1. The van der Waals surface area contributed by atoms with Crippen molar-refractivity contribution < 1.29 is 14.3 Å². The zero-order valence-electron chi connectivity index (χ0n) is 11.2. The lowest BCUT2D eigenvalue weighted by atomic mass is 9.88. The average molecular weight is 252 g/mol. The third-order valence-corrected chi connectivity index (χ3v) is 3.50. The van der Waals surface area contributed by atoms with Gasteiger partial charge in [0.2, 0.25) is 0 Å². The summed E-state index contributed by atoms with van der Waals surface area (Å²) in [7, 11) is 0. The molecule has 100 valence electrons. The number of nitriles is 1. The van der Waals surface area contributed by atoms with Crippen molar-refractivity contribution in [3.63, 3.8) is 0 Å². The SMILES string of the molecule is CC(C)(C)OC(=O)N1CCC2(C1)OCCC2C#N. The van der Waals surface area contributed by atoms with E-state index in [2.05, 4.69) is 6.07 Å². The number of hydrogen-bond acceptors (Lipinski definition) is 4. The highest BCUT2D eigenvalue weighted by atomic mass is 16.6. The van der Waals surface area contributed by atoms with E-state index in [-0.39, 0.29) is 12.0 Å². The van der Waals surface area contributed by atoms with Crippen molar-refractivity contribution in [1.29, 1.82) is 5.26 Å². The van der Waals surface area contributed by atoms with Crippen molar-refractivity contribution in [2.75, 3.05) is 19.7 Å². The Morgan fingerprint density at radius 3 is 2.89 bits per heavy atom. The van der Waals surface area contributed by atoms with Gasteiger partial charge < -0.3 is 14.4 Å². The highest BCUT2D eigenvalue weighted by Crippen LogP contribution is 2.39. The maximum Gasteiger partial charge on any atom is 0.410 e. The molecule has 18 heavy (non-hydrogen) atoms. The summed E-state index contributed by atoms with van der Waals surface area (Å²) in [5.41, 5.74) is -0.941. The van der Waals surface area contributed by atoms with Crippen LogP contribution in [0.1, 0.15) is 33.6 Å². The van der Waals surface area contributed by atoms with E-state index < -0.39 is 11.2 Å². The van der Waals surface area contributed by atoms with E-state index in [1.807, 2.05) is 20.8 Å². The first-order valence-electron chi connectivity index (χ1n) is 6.38. The van der Waals surface area contributed by atoms with E-state index in [1.165, 1.54) is 0 Å². The van der Waals surface area contributed by atoms with Gasteiger partial charge in [-0.1, -0.05) is 0 Å². The van der Waals surface area contributed by atoms with E-state index in [1.54, 1.807) is 4.90 Å². The van der Waals surface area contributed by atoms with Crippen LogP contribution in [0.3, 0.4) is 0 Å². The highest BCUT2D eigenvalue weighted by Gasteiger charge is 2.50. The van der Waals surface area contributed by atoms with Gasteiger partial charge in [0, 0.05) is 13.2 Å². The molecule has 0 aromatic carbocycles. The number of amides is 1. The number of hydrogen-bond donors (Lipinski definition) is 0. The number of ether oxygens (including phenoxy) is 2. The van der Waals surface area contributed by atoms with Crippen LogP contribution < -0.4 is 0 Å². The Morgan fingerprint density at radius 2 is 2.28 bits per heavy atom. The van der Waals surface area contributed by atoms with Gasteiger partial charge in [-0.25, -0.2) is 4.79 Å². The van der Waals surface area contributed by atoms with Gasteiger partial charge in [0.25, 0.3) is 0 Å². The summed E-state index contributed by atoms with van der Waals surface area (Å²) in [6.45, 7) is 7.23. The largest absolute Gasteiger partial charge is 0.444 e. The van der Waals surface area contributed by atoms with Crippen LogP contribution in [-0.2, 0) is 9.47 Å². The maximum absolute atomic E-state index is 12.0. The molecule has 0 bridgehead atoms. The first-order chi connectivity index (χ1) is 8.36. The molecule has 0 aliphatic carbocycles. The molecule has 5 heteroatoms. The van der Waals surface area contributed by atoms with E-state index in [9.17, 15) is 4.79 Å². The van der Waals surface area contributed by atoms with Crippen molar-refractivity contribution in [2.45, 2.75) is 44.8 Å². The molecular weight excluding hydrogens is 232 g/mol. The second-order valence-electron chi connectivity index (χ2n) is 6.04. The monoisotopic (exact) mass is 252 g/mol. The molecule has 1 amide bonds. The molecule has 2 unspecified atom stereocenters. The van der Waals surface area contributed by atoms with Crippen molar-refractivity contribution in [3.05, 3.63) is 0 Å². The van der Waals surface area contributed by atoms with Gasteiger partial charge in [-0.05, 0) is 33.6 Å². The van der Waals surface area contributed by atoms with Crippen LogP contribution in [-0.4, -0.2) is 41.9 Å². The van der Waals surface area contributed by atoms with Crippen molar-refractivity contribution in [1.82, 2.24) is 4.90 Å². The first-order valence-corrected chi connectivity index (χ1v) is 6.38. The van der Waals surface area contributed by atoms with E-state index >= 15 is 0 Å². The third-order valence-electron chi connectivity index (χ3n) is 3.50. The number of rotatable bonds is 0. The Bertz CT molecular complexity index is 383. The smallest absolute Gasteiger partial charge is 0.410 e. The summed E-state index contributed by atoms with van der Waals surface area (Å²) in [5.74, 6) is -0.107. The van der Waals surface area contributed by atoms with Gasteiger partial charge in [0.15, 0.2) is 0 Å². The molecule has 0 saturated carbocycles. The second-order valence-corrected chi connectivity index (χ2v) is 6.04. The lowest BCUT2D eigenvalue weighted by molar-refractivity contribution is -0.00945. The molecule has 2 aliphatic heterocycles. The lowest BCUT2D eigenvalue weighted by Crippen LogP contribution is -2.41. The topological polar surface area (TPSA) is 62.6 Å². The molecule has 2 saturated heterocycles. The van der Waals surface area contributed by atoms with Gasteiger partial charge in [-0.3, -0.25) is 0 Å². The summed E-state index contributed by atoms with van der Waals surface area (Å²) in [5, 5.41) is 9.14. The third kappa shape index (κ3) is 2.44. The molecule has 2 rings (SSSR count). The van der Waals surface area contributed by atoms with E-state index in [0.29, 0.717) is 19.7 Å². The quantitative estimate of drug-likeness (QED) is 0.661. The maximum atomic E-state index is 12.0. The minimum atomic E-state index is -0.488. The summed E-state index contributed by atoms with van der Waals surface area (Å²) >= 11 is 0. The zero-order chi connectivity index (χ0) is 13.4. The fraction of sp³-hybridized carbons (Fsp3) is 0.846. The van der Waals surface area contributed by atoms with Crippen LogP contribution in [0.25, 0.3) is 0 Å². The molecule has 1 spiro atoms. The van der Waals surface area contributed by atoms with Crippen LogP contribution in [0.2, 0.25) is 0 Å².